The average Bonchev–Trinajstić information content (AvgIpc) is 2.15. The van der Waals surface area contributed by atoms with Crippen molar-refractivity contribution in [1.29, 1.82) is 0 Å². The Bertz CT molecular complexity index is 316. The van der Waals surface area contributed by atoms with Gasteiger partial charge in [0.05, 0.1) is 0 Å². The van der Waals surface area contributed by atoms with E-state index in [9.17, 15) is 0 Å². The van der Waals surface area contributed by atoms with Crippen LogP contribution in [0.3, 0.4) is 0 Å². The van der Waals surface area contributed by atoms with E-state index in [0.717, 1.165) is 30.6 Å². The Morgan fingerprint density at radius 2 is 2.20 bits per heavy atom. The van der Waals surface area contributed by atoms with Crippen LogP contribution in [-0.4, -0.2) is 12.6 Å². The molecule has 1 aromatic rings. The smallest absolute Gasteiger partial charge is 0.0316 e. The second-order valence-corrected chi connectivity index (χ2v) is 4.72. The van der Waals surface area contributed by atoms with Gasteiger partial charge in [0.15, 0.2) is 0 Å². The minimum Gasteiger partial charge on any atom is -0.399 e. The van der Waals surface area contributed by atoms with Gasteiger partial charge in [-0.3, -0.25) is 0 Å². The standard InChI is InChI=1S/C13H20N2/c1-10-7-13(8-10)15-6-5-11-3-2-4-12(14)9-11/h2-4,9-10,13,15H,5-8,14H2,1H3. The first-order valence-electron chi connectivity index (χ1n) is 5.82. The van der Waals surface area contributed by atoms with Crippen molar-refractivity contribution in [3.8, 4) is 0 Å². The van der Waals surface area contributed by atoms with Gasteiger partial charge in [-0.05, 0) is 49.4 Å². The molecule has 0 unspecified atom stereocenters. The topological polar surface area (TPSA) is 38.0 Å². The van der Waals surface area contributed by atoms with Gasteiger partial charge in [0, 0.05) is 11.7 Å². The lowest BCUT2D eigenvalue weighted by Crippen LogP contribution is -2.40. The van der Waals surface area contributed by atoms with Gasteiger partial charge in [-0.25, -0.2) is 0 Å². The first-order valence-corrected chi connectivity index (χ1v) is 5.82. The number of nitrogens with two attached hydrogens (primary N) is 1. The van der Waals surface area contributed by atoms with Crippen molar-refractivity contribution in [1.82, 2.24) is 5.32 Å². The Morgan fingerprint density at radius 1 is 1.40 bits per heavy atom. The predicted molar refractivity (Wildman–Crippen MR) is 64.7 cm³/mol. The van der Waals surface area contributed by atoms with Crippen molar-refractivity contribution >= 4 is 5.69 Å². The summed E-state index contributed by atoms with van der Waals surface area (Å²) in [5, 5.41) is 3.58. The van der Waals surface area contributed by atoms with Gasteiger partial charge < -0.3 is 11.1 Å². The molecule has 2 heteroatoms. The zero-order valence-corrected chi connectivity index (χ0v) is 9.37. The largest absolute Gasteiger partial charge is 0.399 e. The average molecular weight is 204 g/mol. The van der Waals surface area contributed by atoms with Crippen LogP contribution in [0.5, 0.6) is 0 Å². The summed E-state index contributed by atoms with van der Waals surface area (Å²) in [6, 6.07) is 8.92. The van der Waals surface area contributed by atoms with Crippen LogP contribution in [0.2, 0.25) is 0 Å². The van der Waals surface area contributed by atoms with E-state index in [1.165, 1.54) is 18.4 Å². The molecule has 2 nitrogen and oxygen atoms in total. The monoisotopic (exact) mass is 204 g/mol. The first kappa shape index (κ1) is 10.5. The normalized spacial score (nSPS) is 24.9. The molecule has 0 radical (unpaired) electrons. The fourth-order valence-electron chi connectivity index (χ4n) is 2.24. The van der Waals surface area contributed by atoms with Gasteiger partial charge in [-0.1, -0.05) is 19.1 Å². The fourth-order valence-corrected chi connectivity index (χ4v) is 2.24. The molecular weight excluding hydrogens is 184 g/mol. The number of hydrogen-bond acceptors (Lipinski definition) is 2. The Hall–Kier alpha value is -1.02. The van der Waals surface area contributed by atoms with Crippen molar-refractivity contribution in [3.05, 3.63) is 29.8 Å². The zero-order valence-electron chi connectivity index (χ0n) is 9.37. The summed E-state index contributed by atoms with van der Waals surface area (Å²) in [5.41, 5.74) is 7.92. The number of nitrogens with one attached hydrogen (secondary N) is 1. The molecule has 0 spiro atoms. The summed E-state index contributed by atoms with van der Waals surface area (Å²) in [6.45, 7) is 3.39. The highest BCUT2D eigenvalue weighted by Crippen LogP contribution is 2.26. The third kappa shape index (κ3) is 2.96. The van der Waals surface area contributed by atoms with Gasteiger partial charge in [0.2, 0.25) is 0 Å². The summed E-state index contributed by atoms with van der Waals surface area (Å²) in [4.78, 5) is 0. The molecule has 0 heterocycles. The Kier molecular flexibility index (Phi) is 3.27. The van der Waals surface area contributed by atoms with Crippen LogP contribution in [0, 0.1) is 5.92 Å². The molecule has 3 N–H and O–H groups in total. The quantitative estimate of drug-likeness (QED) is 0.738. The van der Waals surface area contributed by atoms with Crippen LogP contribution in [0.15, 0.2) is 24.3 Å². The molecule has 1 fully saturated rings. The highest BCUT2D eigenvalue weighted by molar-refractivity contribution is 5.40. The Labute approximate surface area is 91.9 Å². The van der Waals surface area contributed by atoms with Gasteiger partial charge in [-0.2, -0.15) is 0 Å². The number of benzene rings is 1. The third-order valence-electron chi connectivity index (χ3n) is 3.17. The SMILES string of the molecule is CC1CC(NCCc2cccc(N)c2)C1. The molecule has 2 rings (SSSR count). The first-order chi connectivity index (χ1) is 7.24. The lowest BCUT2D eigenvalue weighted by molar-refractivity contribution is 0.243. The number of anilines is 1. The summed E-state index contributed by atoms with van der Waals surface area (Å²) < 4.78 is 0. The van der Waals surface area contributed by atoms with Crippen LogP contribution >= 0.6 is 0 Å². The van der Waals surface area contributed by atoms with E-state index in [1.807, 2.05) is 12.1 Å². The van der Waals surface area contributed by atoms with Crippen molar-refractivity contribution in [2.45, 2.75) is 32.2 Å². The predicted octanol–water partition coefficient (Wildman–Crippen LogP) is 2.20. The molecule has 0 saturated heterocycles. The lowest BCUT2D eigenvalue weighted by Gasteiger charge is -2.33. The Balaban J connectivity index is 1.69. The molecule has 0 bridgehead atoms. The molecule has 0 atom stereocenters. The lowest BCUT2D eigenvalue weighted by atomic mass is 9.82. The van der Waals surface area contributed by atoms with Gasteiger partial charge >= 0.3 is 0 Å². The number of nitrogen functional groups attached to an aromatic ring is 1. The molecule has 15 heavy (non-hydrogen) atoms. The maximum absolute atomic E-state index is 5.73. The van der Waals surface area contributed by atoms with Crippen LogP contribution in [0.4, 0.5) is 5.69 Å². The summed E-state index contributed by atoms with van der Waals surface area (Å²) >= 11 is 0. The molecule has 1 aromatic carbocycles. The van der Waals surface area contributed by atoms with Gasteiger partial charge in [-0.15, -0.1) is 0 Å². The molecule has 1 aliphatic carbocycles. The minimum absolute atomic E-state index is 0.765. The van der Waals surface area contributed by atoms with Gasteiger partial charge in [0.1, 0.15) is 0 Å². The summed E-state index contributed by atoms with van der Waals surface area (Å²) in [7, 11) is 0. The van der Waals surface area contributed by atoms with E-state index in [1.54, 1.807) is 0 Å². The van der Waals surface area contributed by atoms with Crippen molar-refractivity contribution in [2.75, 3.05) is 12.3 Å². The van der Waals surface area contributed by atoms with Gasteiger partial charge in [0.25, 0.3) is 0 Å². The van der Waals surface area contributed by atoms with Crippen molar-refractivity contribution in [2.24, 2.45) is 5.92 Å². The van der Waals surface area contributed by atoms with E-state index >= 15 is 0 Å². The van der Waals surface area contributed by atoms with E-state index in [0.29, 0.717) is 0 Å². The van der Waals surface area contributed by atoms with E-state index in [-0.39, 0.29) is 0 Å². The van der Waals surface area contributed by atoms with Crippen LogP contribution in [0.25, 0.3) is 0 Å². The molecule has 1 aliphatic rings. The van der Waals surface area contributed by atoms with E-state index in [4.69, 9.17) is 5.73 Å². The van der Waals surface area contributed by atoms with E-state index < -0.39 is 0 Å². The maximum atomic E-state index is 5.73. The van der Waals surface area contributed by atoms with Crippen molar-refractivity contribution in [3.63, 3.8) is 0 Å². The zero-order chi connectivity index (χ0) is 10.7. The van der Waals surface area contributed by atoms with E-state index in [2.05, 4.69) is 24.4 Å². The number of rotatable bonds is 4. The molecule has 1 saturated carbocycles. The summed E-state index contributed by atoms with van der Waals surface area (Å²) in [5.74, 6) is 0.926. The Morgan fingerprint density at radius 3 is 2.87 bits per heavy atom. The highest BCUT2D eigenvalue weighted by Gasteiger charge is 2.23. The highest BCUT2D eigenvalue weighted by atomic mass is 14.9. The number of hydrogen-bond donors (Lipinski definition) is 2. The van der Waals surface area contributed by atoms with Crippen molar-refractivity contribution < 1.29 is 0 Å². The molecular formula is C13H20N2. The second kappa shape index (κ2) is 4.67. The second-order valence-electron chi connectivity index (χ2n) is 4.72. The van der Waals surface area contributed by atoms with Crippen LogP contribution < -0.4 is 11.1 Å². The summed E-state index contributed by atoms with van der Waals surface area (Å²) in [6.07, 6.45) is 3.77. The molecule has 82 valence electrons. The maximum Gasteiger partial charge on any atom is 0.0316 e. The molecule has 0 aromatic heterocycles. The third-order valence-corrected chi connectivity index (χ3v) is 3.17. The van der Waals surface area contributed by atoms with Crippen LogP contribution in [-0.2, 0) is 6.42 Å². The minimum atomic E-state index is 0.765. The molecule has 0 amide bonds. The molecule has 0 aliphatic heterocycles. The van der Waals surface area contributed by atoms with Crippen LogP contribution in [0.1, 0.15) is 25.3 Å². The fraction of sp³-hybridized carbons (Fsp3) is 0.538.